The van der Waals surface area contributed by atoms with Crippen molar-refractivity contribution in [1.82, 2.24) is 0 Å². The van der Waals surface area contributed by atoms with Gasteiger partial charge in [-0.1, -0.05) is 50.9 Å². The molecule has 0 saturated heterocycles. The van der Waals surface area contributed by atoms with E-state index in [9.17, 15) is 9.59 Å². The Morgan fingerprint density at radius 2 is 1.03 bits per heavy atom. The van der Waals surface area contributed by atoms with E-state index < -0.39 is 23.1 Å². The summed E-state index contributed by atoms with van der Waals surface area (Å²) in [7, 11) is 0. The van der Waals surface area contributed by atoms with Crippen LogP contribution in [0.4, 0.5) is 0 Å². The Kier molecular flexibility index (Phi) is 9.42. The van der Waals surface area contributed by atoms with E-state index in [1.54, 1.807) is 23.5 Å². The van der Waals surface area contributed by atoms with Gasteiger partial charge in [-0.25, -0.2) is 9.59 Å². The van der Waals surface area contributed by atoms with Crippen molar-refractivity contribution in [1.29, 1.82) is 0 Å². The number of hydrogen-bond donors (Lipinski definition) is 0. The molecule has 0 saturated carbocycles. The first kappa shape index (κ1) is 26.2. The molecule has 3 heterocycles. The molecule has 3 aromatic rings. The lowest BCUT2D eigenvalue weighted by atomic mass is 10.1. The summed E-state index contributed by atoms with van der Waals surface area (Å²) >= 11 is 16.7. The molecule has 178 valence electrons. The zero-order valence-corrected chi connectivity index (χ0v) is 22.8. The average Bonchev–Trinajstić information content (AvgIpc) is 3.56. The summed E-state index contributed by atoms with van der Waals surface area (Å²) in [5.74, 6) is -0.624. The van der Waals surface area contributed by atoms with Crippen LogP contribution in [0.1, 0.15) is 59.9 Å². The van der Waals surface area contributed by atoms with Crippen LogP contribution in [-0.2, 0) is 9.47 Å². The van der Waals surface area contributed by atoms with Crippen LogP contribution >= 0.6 is 57.2 Å². The Morgan fingerprint density at radius 3 is 1.39 bits per heavy atom. The molecule has 0 bridgehead atoms. The van der Waals surface area contributed by atoms with E-state index in [1.165, 1.54) is 22.7 Å². The van der Waals surface area contributed by atoms with Crippen LogP contribution in [0.2, 0.25) is 0 Å². The van der Waals surface area contributed by atoms with Crippen molar-refractivity contribution >= 4 is 69.2 Å². The Labute approximate surface area is 216 Å². The summed E-state index contributed by atoms with van der Waals surface area (Å²) in [6.07, 6.45) is 1.67. The van der Waals surface area contributed by atoms with Crippen LogP contribution in [-0.4, -0.2) is 23.1 Å². The minimum atomic E-state index is -0.639. The standard InChI is InChI=1S/C24H26Cl2O4S3/c1-5-13(3)21(25)29-23(27)19-11-9-17(32-19)15-7-8-16(31-15)18-10-12-20(33-18)24(28)30-22(26)14(4)6-2/h7-14,21-22H,5-6H2,1-4H3/t13-,14-,21+,22+/m0/s1. The molecule has 0 unspecified atom stereocenters. The van der Waals surface area contributed by atoms with Crippen molar-refractivity contribution in [3.05, 3.63) is 46.2 Å². The van der Waals surface area contributed by atoms with Gasteiger partial charge in [-0.05, 0) is 49.2 Å². The molecule has 0 aliphatic carbocycles. The van der Waals surface area contributed by atoms with Gasteiger partial charge in [-0.2, -0.15) is 0 Å². The Bertz CT molecular complexity index is 1000. The van der Waals surface area contributed by atoms with Gasteiger partial charge in [-0.3, -0.25) is 0 Å². The molecule has 4 nitrogen and oxygen atoms in total. The molecule has 0 N–H and O–H groups in total. The summed E-state index contributed by atoms with van der Waals surface area (Å²) in [6, 6.07) is 11.4. The molecule has 0 amide bonds. The van der Waals surface area contributed by atoms with Crippen molar-refractivity contribution < 1.29 is 19.1 Å². The zero-order valence-electron chi connectivity index (χ0n) is 18.8. The molecule has 0 aliphatic rings. The highest BCUT2D eigenvalue weighted by molar-refractivity contribution is 7.27. The Morgan fingerprint density at radius 1 is 0.697 bits per heavy atom. The van der Waals surface area contributed by atoms with Gasteiger partial charge in [0.15, 0.2) is 11.1 Å². The fourth-order valence-electron chi connectivity index (χ4n) is 2.69. The molecule has 33 heavy (non-hydrogen) atoms. The van der Waals surface area contributed by atoms with Crippen LogP contribution in [0.5, 0.6) is 0 Å². The second-order valence-corrected chi connectivity index (χ2v) is 11.9. The average molecular weight is 546 g/mol. The quantitative estimate of drug-likeness (QED) is 0.189. The highest BCUT2D eigenvalue weighted by Gasteiger charge is 2.22. The van der Waals surface area contributed by atoms with Gasteiger partial charge >= 0.3 is 11.9 Å². The highest BCUT2D eigenvalue weighted by Crippen LogP contribution is 2.40. The number of hydrogen-bond acceptors (Lipinski definition) is 7. The molecule has 9 heteroatoms. The minimum Gasteiger partial charge on any atom is -0.442 e. The topological polar surface area (TPSA) is 52.6 Å². The molecular formula is C24H26Cl2O4S3. The number of rotatable bonds is 10. The van der Waals surface area contributed by atoms with Crippen LogP contribution < -0.4 is 0 Å². The second-order valence-electron chi connectivity index (χ2n) is 7.78. The Hall–Kier alpha value is -1.38. The number of thiophene rings is 3. The van der Waals surface area contributed by atoms with Crippen molar-refractivity contribution in [2.24, 2.45) is 11.8 Å². The maximum absolute atomic E-state index is 12.4. The first-order valence-corrected chi connectivity index (χ1v) is 14.1. The van der Waals surface area contributed by atoms with Gasteiger partial charge in [-0.15, -0.1) is 34.0 Å². The molecular weight excluding hydrogens is 519 g/mol. The predicted octanol–water partition coefficient (Wildman–Crippen LogP) is 8.74. The smallest absolute Gasteiger partial charge is 0.349 e. The third-order valence-corrected chi connectivity index (χ3v) is 9.97. The number of halogens is 2. The molecule has 3 aromatic heterocycles. The van der Waals surface area contributed by atoms with Gasteiger partial charge in [0, 0.05) is 31.3 Å². The van der Waals surface area contributed by atoms with Crippen LogP contribution in [0.3, 0.4) is 0 Å². The SMILES string of the molecule is CC[C@H](C)[C@H](Cl)OC(=O)c1ccc(-c2ccc(-c3ccc(C(=O)O[C@@H](Cl)[C@@H](C)CC)s3)s2)s1. The molecule has 0 radical (unpaired) electrons. The van der Waals surface area contributed by atoms with Gasteiger partial charge in [0.1, 0.15) is 9.75 Å². The Balaban J connectivity index is 1.67. The predicted molar refractivity (Wildman–Crippen MR) is 140 cm³/mol. The van der Waals surface area contributed by atoms with Gasteiger partial charge in [0.25, 0.3) is 0 Å². The van der Waals surface area contributed by atoms with Gasteiger partial charge < -0.3 is 9.47 Å². The molecule has 0 fully saturated rings. The molecule has 0 spiro atoms. The highest BCUT2D eigenvalue weighted by atomic mass is 35.5. The zero-order chi connectivity index (χ0) is 24.1. The van der Waals surface area contributed by atoms with Crippen LogP contribution in [0.25, 0.3) is 19.5 Å². The lowest BCUT2D eigenvalue weighted by molar-refractivity contribution is 0.0360. The summed E-state index contributed by atoms with van der Waals surface area (Å²) in [6.45, 7) is 7.92. The van der Waals surface area contributed by atoms with E-state index in [0.717, 1.165) is 32.4 Å². The van der Waals surface area contributed by atoms with Crippen molar-refractivity contribution in [3.8, 4) is 19.5 Å². The minimum absolute atomic E-state index is 0.0910. The van der Waals surface area contributed by atoms with E-state index in [1.807, 2.05) is 52.0 Å². The van der Waals surface area contributed by atoms with Crippen molar-refractivity contribution in [2.45, 2.75) is 51.7 Å². The van der Waals surface area contributed by atoms with Crippen molar-refractivity contribution in [2.75, 3.05) is 0 Å². The number of ether oxygens (including phenoxy) is 2. The summed E-state index contributed by atoms with van der Waals surface area (Å²) in [5.41, 5.74) is -1.28. The van der Waals surface area contributed by atoms with E-state index in [-0.39, 0.29) is 11.8 Å². The second kappa shape index (κ2) is 11.8. The molecule has 3 rings (SSSR count). The molecule has 0 aromatic carbocycles. The summed E-state index contributed by atoms with van der Waals surface area (Å²) < 4.78 is 10.8. The number of carbonyl (C=O) groups is 2. The van der Waals surface area contributed by atoms with E-state index in [4.69, 9.17) is 32.7 Å². The van der Waals surface area contributed by atoms with E-state index in [2.05, 4.69) is 0 Å². The summed E-state index contributed by atoms with van der Waals surface area (Å²) in [5, 5.41) is 0. The lowest BCUT2D eigenvalue weighted by Gasteiger charge is -2.16. The maximum atomic E-state index is 12.4. The monoisotopic (exact) mass is 544 g/mol. The van der Waals surface area contributed by atoms with Crippen molar-refractivity contribution in [3.63, 3.8) is 0 Å². The number of alkyl halides is 2. The fraction of sp³-hybridized carbons (Fsp3) is 0.417. The normalized spacial score (nSPS) is 15.0. The fourth-order valence-corrected chi connectivity index (χ4v) is 6.17. The maximum Gasteiger partial charge on any atom is 0.349 e. The lowest BCUT2D eigenvalue weighted by Crippen LogP contribution is -2.18. The first-order valence-electron chi connectivity index (χ1n) is 10.7. The summed E-state index contributed by atoms with van der Waals surface area (Å²) in [4.78, 5) is 29.9. The van der Waals surface area contributed by atoms with E-state index >= 15 is 0 Å². The number of carbonyl (C=O) groups excluding carboxylic acids is 2. The largest absolute Gasteiger partial charge is 0.442 e. The number of esters is 2. The third-order valence-electron chi connectivity index (χ3n) is 5.33. The van der Waals surface area contributed by atoms with Crippen LogP contribution in [0.15, 0.2) is 36.4 Å². The van der Waals surface area contributed by atoms with E-state index in [0.29, 0.717) is 9.75 Å². The first-order chi connectivity index (χ1) is 15.7. The third kappa shape index (κ3) is 6.61. The van der Waals surface area contributed by atoms with Gasteiger partial charge in [0.05, 0.1) is 0 Å². The molecule has 0 aliphatic heterocycles. The van der Waals surface area contributed by atoms with Gasteiger partial charge in [0.2, 0.25) is 0 Å². The van der Waals surface area contributed by atoms with Crippen LogP contribution in [0, 0.1) is 11.8 Å². The molecule has 4 atom stereocenters.